The molecule has 0 saturated heterocycles. The summed E-state index contributed by atoms with van der Waals surface area (Å²) < 4.78 is 10.1. The van der Waals surface area contributed by atoms with Gasteiger partial charge in [-0.25, -0.2) is 9.78 Å². The molecule has 1 aromatic rings. The molecular formula is C12H19N3O4. The quantitative estimate of drug-likeness (QED) is 0.707. The van der Waals surface area contributed by atoms with Gasteiger partial charge in [0.2, 0.25) is 0 Å². The Labute approximate surface area is 111 Å². The highest BCUT2D eigenvalue weighted by atomic mass is 16.5. The number of pyridine rings is 1. The van der Waals surface area contributed by atoms with E-state index < -0.39 is 5.97 Å². The highest BCUT2D eigenvalue weighted by Crippen LogP contribution is 2.21. The van der Waals surface area contributed by atoms with Crippen LogP contribution in [0.5, 0.6) is 0 Å². The third kappa shape index (κ3) is 4.38. The Kier molecular flexibility index (Phi) is 6.04. The average molecular weight is 269 g/mol. The lowest BCUT2D eigenvalue weighted by Crippen LogP contribution is -2.32. The van der Waals surface area contributed by atoms with Crippen molar-refractivity contribution < 1.29 is 19.4 Å². The lowest BCUT2D eigenvalue weighted by Gasteiger charge is -2.24. The van der Waals surface area contributed by atoms with E-state index in [0.29, 0.717) is 37.8 Å². The molecule has 1 heterocycles. The molecule has 19 heavy (non-hydrogen) atoms. The summed E-state index contributed by atoms with van der Waals surface area (Å²) in [5.74, 6) is -0.509. The van der Waals surface area contributed by atoms with E-state index in [1.165, 1.54) is 12.3 Å². The number of nitrogens with two attached hydrogens (primary N) is 1. The molecule has 0 radical (unpaired) electrons. The largest absolute Gasteiger partial charge is 0.478 e. The first-order valence-corrected chi connectivity index (χ1v) is 5.81. The van der Waals surface area contributed by atoms with Crippen molar-refractivity contribution in [3.05, 3.63) is 17.8 Å². The fraction of sp³-hybridized carbons (Fsp3) is 0.500. The van der Waals surface area contributed by atoms with E-state index in [1.54, 1.807) is 14.2 Å². The molecule has 0 saturated carbocycles. The first kappa shape index (κ1) is 15.2. The molecule has 0 aliphatic carbocycles. The van der Waals surface area contributed by atoms with Crippen LogP contribution in [0, 0.1) is 0 Å². The summed E-state index contributed by atoms with van der Waals surface area (Å²) in [4.78, 5) is 16.8. The zero-order valence-electron chi connectivity index (χ0n) is 11.1. The molecule has 0 aliphatic rings. The van der Waals surface area contributed by atoms with Gasteiger partial charge in [-0.05, 0) is 6.07 Å². The Balaban J connectivity index is 2.90. The predicted molar refractivity (Wildman–Crippen MR) is 71.6 cm³/mol. The number of hydrogen-bond donors (Lipinski definition) is 2. The fourth-order valence-corrected chi connectivity index (χ4v) is 1.58. The first-order chi connectivity index (χ1) is 9.10. The zero-order valence-corrected chi connectivity index (χ0v) is 11.1. The predicted octanol–water partition coefficient (Wildman–Crippen LogP) is 0.461. The lowest BCUT2D eigenvalue weighted by molar-refractivity contribution is 0.0696. The molecule has 0 amide bonds. The monoisotopic (exact) mass is 269 g/mol. The van der Waals surface area contributed by atoms with Crippen LogP contribution in [0.2, 0.25) is 0 Å². The summed E-state index contributed by atoms with van der Waals surface area (Å²) in [6, 6.07) is 1.40. The van der Waals surface area contributed by atoms with Gasteiger partial charge in [-0.1, -0.05) is 0 Å². The standard InChI is InChI=1S/C12H19N3O4/c1-18-5-3-15(4-6-19-2)11-10(13)7-9(8-14-11)12(16)17/h7-8H,3-6,13H2,1-2H3,(H,16,17). The number of aromatic carboxylic acids is 1. The second kappa shape index (κ2) is 7.55. The van der Waals surface area contributed by atoms with Crippen molar-refractivity contribution >= 4 is 17.5 Å². The molecular weight excluding hydrogens is 250 g/mol. The van der Waals surface area contributed by atoms with Gasteiger partial charge < -0.3 is 25.2 Å². The number of nitrogens with zero attached hydrogens (tertiary/aromatic N) is 2. The second-order valence-corrected chi connectivity index (χ2v) is 3.91. The van der Waals surface area contributed by atoms with Gasteiger partial charge in [0.25, 0.3) is 0 Å². The Morgan fingerprint density at radius 2 is 1.95 bits per heavy atom. The molecule has 1 rings (SSSR count). The maximum absolute atomic E-state index is 10.8. The number of carboxylic acids is 1. The van der Waals surface area contributed by atoms with Crippen molar-refractivity contribution in [1.29, 1.82) is 0 Å². The highest BCUT2D eigenvalue weighted by molar-refractivity contribution is 5.89. The molecule has 0 unspecified atom stereocenters. The van der Waals surface area contributed by atoms with Gasteiger partial charge in [-0.2, -0.15) is 0 Å². The van der Waals surface area contributed by atoms with Crippen LogP contribution in [-0.2, 0) is 9.47 Å². The molecule has 0 atom stereocenters. The van der Waals surface area contributed by atoms with Crippen LogP contribution in [0.4, 0.5) is 11.5 Å². The number of carbonyl (C=O) groups is 1. The Hall–Kier alpha value is -1.86. The number of carboxylic acid groups (broad SMARTS) is 1. The van der Waals surface area contributed by atoms with E-state index >= 15 is 0 Å². The van der Waals surface area contributed by atoms with Crippen LogP contribution < -0.4 is 10.6 Å². The molecule has 106 valence electrons. The van der Waals surface area contributed by atoms with Crippen LogP contribution in [0.25, 0.3) is 0 Å². The van der Waals surface area contributed by atoms with Gasteiger partial charge in [0.05, 0.1) is 24.5 Å². The van der Waals surface area contributed by atoms with Gasteiger partial charge >= 0.3 is 5.97 Å². The third-order valence-electron chi connectivity index (χ3n) is 2.57. The SMILES string of the molecule is COCCN(CCOC)c1ncc(C(=O)O)cc1N. The molecule has 1 aromatic heterocycles. The van der Waals surface area contributed by atoms with Gasteiger partial charge in [0.15, 0.2) is 5.82 Å². The normalized spacial score (nSPS) is 10.4. The van der Waals surface area contributed by atoms with Crippen molar-refractivity contribution in [2.75, 3.05) is 51.2 Å². The molecule has 0 spiro atoms. The van der Waals surface area contributed by atoms with Crippen molar-refractivity contribution in [2.45, 2.75) is 0 Å². The van der Waals surface area contributed by atoms with Gasteiger partial charge in [-0.15, -0.1) is 0 Å². The number of hydrogen-bond acceptors (Lipinski definition) is 6. The smallest absolute Gasteiger partial charge is 0.337 e. The third-order valence-corrected chi connectivity index (χ3v) is 2.57. The molecule has 0 bridgehead atoms. The van der Waals surface area contributed by atoms with Crippen LogP contribution >= 0.6 is 0 Å². The van der Waals surface area contributed by atoms with Crippen molar-refractivity contribution in [3.8, 4) is 0 Å². The molecule has 0 aliphatic heterocycles. The summed E-state index contributed by atoms with van der Waals surface area (Å²) >= 11 is 0. The number of ether oxygens (including phenoxy) is 2. The Morgan fingerprint density at radius 1 is 1.37 bits per heavy atom. The highest BCUT2D eigenvalue weighted by Gasteiger charge is 2.13. The zero-order chi connectivity index (χ0) is 14.3. The van der Waals surface area contributed by atoms with Gasteiger partial charge in [0, 0.05) is 33.5 Å². The van der Waals surface area contributed by atoms with E-state index in [4.69, 9.17) is 20.3 Å². The molecule has 0 fully saturated rings. The lowest BCUT2D eigenvalue weighted by atomic mass is 10.2. The number of aromatic nitrogens is 1. The van der Waals surface area contributed by atoms with E-state index in [9.17, 15) is 4.79 Å². The number of rotatable bonds is 8. The van der Waals surface area contributed by atoms with Crippen molar-refractivity contribution in [1.82, 2.24) is 4.98 Å². The van der Waals surface area contributed by atoms with E-state index in [-0.39, 0.29) is 5.56 Å². The minimum atomic E-state index is -1.05. The summed E-state index contributed by atoms with van der Waals surface area (Å²) in [6.07, 6.45) is 1.29. The first-order valence-electron chi connectivity index (χ1n) is 5.81. The van der Waals surface area contributed by atoms with Crippen LogP contribution in [-0.4, -0.2) is 56.6 Å². The van der Waals surface area contributed by atoms with Crippen molar-refractivity contribution in [3.63, 3.8) is 0 Å². The van der Waals surface area contributed by atoms with E-state index in [1.807, 2.05) is 4.90 Å². The minimum Gasteiger partial charge on any atom is -0.478 e. The topological polar surface area (TPSA) is 97.9 Å². The average Bonchev–Trinajstić information content (AvgIpc) is 2.39. The summed E-state index contributed by atoms with van der Waals surface area (Å²) in [5.41, 5.74) is 6.25. The van der Waals surface area contributed by atoms with Gasteiger partial charge in [0.1, 0.15) is 0 Å². The Morgan fingerprint density at radius 3 is 2.37 bits per heavy atom. The van der Waals surface area contributed by atoms with E-state index in [2.05, 4.69) is 4.98 Å². The van der Waals surface area contributed by atoms with Crippen LogP contribution in [0.3, 0.4) is 0 Å². The molecule has 0 aromatic carbocycles. The molecule has 7 heteroatoms. The summed E-state index contributed by atoms with van der Waals surface area (Å²) in [5, 5.41) is 8.87. The number of methoxy groups -OCH3 is 2. The van der Waals surface area contributed by atoms with Crippen LogP contribution in [0.1, 0.15) is 10.4 Å². The van der Waals surface area contributed by atoms with Crippen molar-refractivity contribution in [2.24, 2.45) is 0 Å². The number of anilines is 2. The minimum absolute atomic E-state index is 0.0692. The molecule has 7 nitrogen and oxygen atoms in total. The maximum atomic E-state index is 10.8. The summed E-state index contributed by atoms with van der Waals surface area (Å²) in [7, 11) is 3.22. The molecule has 3 N–H and O–H groups in total. The number of nitrogen functional groups attached to an aromatic ring is 1. The second-order valence-electron chi connectivity index (χ2n) is 3.91. The van der Waals surface area contributed by atoms with Gasteiger partial charge in [-0.3, -0.25) is 0 Å². The van der Waals surface area contributed by atoms with Crippen LogP contribution in [0.15, 0.2) is 12.3 Å². The Bertz CT molecular complexity index is 417. The summed E-state index contributed by atoms with van der Waals surface area (Å²) in [6.45, 7) is 2.24. The van der Waals surface area contributed by atoms with E-state index in [0.717, 1.165) is 0 Å². The maximum Gasteiger partial charge on any atom is 0.337 e. The fourth-order valence-electron chi connectivity index (χ4n) is 1.58.